The Hall–Kier alpha value is -1.34. The van der Waals surface area contributed by atoms with Gasteiger partial charge in [0.25, 0.3) is 0 Å². The maximum absolute atomic E-state index is 12.0. The van der Waals surface area contributed by atoms with Crippen LogP contribution in [0.25, 0.3) is 0 Å². The number of sulfone groups is 1. The molecule has 0 amide bonds. The first-order chi connectivity index (χ1) is 8.87. The zero-order valence-electron chi connectivity index (χ0n) is 10.6. The summed E-state index contributed by atoms with van der Waals surface area (Å²) >= 11 is 0. The van der Waals surface area contributed by atoms with Crippen LogP contribution >= 0.6 is 0 Å². The number of furan rings is 1. The van der Waals surface area contributed by atoms with Gasteiger partial charge in [0.2, 0.25) is 0 Å². The van der Waals surface area contributed by atoms with Gasteiger partial charge in [0, 0.05) is 6.61 Å². The molecule has 6 nitrogen and oxygen atoms in total. The molecule has 0 radical (unpaired) electrons. The van der Waals surface area contributed by atoms with E-state index in [1.165, 1.54) is 13.0 Å². The Kier molecular flexibility index (Phi) is 3.96. The second kappa shape index (κ2) is 5.34. The van der Waals surface area contributed by atoms with Crippen LogP contribution in [-0.4, -0.2) is 38.0 Å². The van der Waals surface area contributed by atoms with Crippen LogP contribution in [0.3, 0.4) is 0 Å². The summed E-state index contributed by atoms with van der Waals surface area (Å²) in [5.74, 6) is -1.08. The van der Waals surface area contributed by atoms with Crippen molar-refractivity contribution < 1.29 is 27.5 Å². The first kappa shape index (κ1) is 14.1. The third-order valence-corrected chi connectivity index (χ3v) is 4.63. The van der Waals surface area contributed by atoms with Crippen molar-refractivity contribution in [1.82, 2.24) is 0 Å². The van der Waals surface area contributed by atoms with Gasteiger partial charge in [-0.2, -0.15) is 0 Å². The highest BCUT2D eigenvalue weighted by Crippen LogP contribution is 2.20. The Balaban J connectivity index is 2.07. The SMILES string of the molecule is Cc1oc(CS(=O)(=O)CC2CCCO2)cc1C(=O)O. The number of carbonyl (C=O) groups is 1. The third-order valence-electron chi connectivity index (χ3n) is 3.03. The molecule has 2 rings (SSSR count). The molecule has 0 aliphatic carbocycles. The fourth-order valence-electron chi connectivity index (χ4n) is 2.16. The maximum atomic E-state index is 12.0. The van der Waals surface area contributed by atoms with Crippen LogP contribution in [0, 0.1) is 6.92 Å². The van der Waals surface area contributed by atoms with E-state index in [1.54, 1.807) is 0 Å². The second-order valence-electron chi connectivity index (χ2n) is 4.68. The van der Waals surface area contributed by atoms with Crippen molar-refractivity contribution in [2.75, 3.05) is 12.4 Å². The quantitative estimate of drug-likeness (QED) is 0.879. The Morgan fingerprint density at radius 2 is 2.26 bits per heavy atom. The Morgan fingerprint density at radius 3 is 2.79 bits per heavy atom. The van der Waals surface area contributed by atoms with Crippen molar-refractivity contribution in [3.05, 3.63) is 23.2 Å². The molecule has 106 valence electrons. The highest BCUT2D eigenvalue weighted by atomic mass is 32.2. The summed E-state index contributed by atoms with van der Waals surface area (Å²) in [7, 11) is -3.36. The molecule has 19 heavy (non-hydrogen) atoms. The predicted octanol–water partition coefficient (Wildman–Crippen LogP) is 1.38. The van der Waals surface area contributed by atoms with Crippen LogP contribution in [0.2, 0.25) is 0 Å². The molecule has 1 atom stereocenters. The van der Waals surface area contributed by atoms with Crippen LogP contribution in [0.1, 0.15) is 34.7 Å². The average molecular weight is 288 g/mol. The van der Waals surface area contributed by atoms with Gasteiger partial charge >= 0.3 is 5.97 Å². The van der Waals surface area contributed by atoms with E-state index in [2.05, 4.69) is 0 Å². The minimum absolute atomic E-state index is 0.00214. The van der Waals surface area contributed by atoms with Gasteiger partial charge in [0.05, 0.1) is 11.9 Å². The minimum Gasteiger partial charge on any atom is -0.478 e. The fourth-order valence-corrected chi connectivity index (χ4v) is 3.68. The fraction of sp³-hybridized carbons (Fsp3) is 0.583. The first-order valence-electron chi connectivity index (χ1n) is 6.02. The van der Waals surface area contributed by atoms with Gasteiger partial charge in [-0.25, -0.2) is 13.2 Å². The number of carboxylic acid groups (broad SMARTS) is 1. The molecule has 0 bridgehead atoms. The van der Waals surface area contributed by atoms with Crippen LogP contribution in [0.5, 0.6) is 0 Å². The maximum Gasteiger partial charge on any atom is 0.339 e. The van der Waals surface area contributed by atoms with E-state index in [9.17, 15) is 13.2 Å². The van der Waals surface area contributed by atoms with Crippen LogP contribution in [-0.2, 0) is 20.3 Å². The van der Waals surface area contributed by atoms with Crippen LogP contribution in [0.15, 0.2) is 10.5 Å². The van der Waals surface area contributed by atoms with Crippen LogP contribution in [0.4, 0.5) is 0 Å². The standard InChI is InChI=1S/C12H16O6S/c1-8-11(12(13)14)5-10(18-8)7-19(15,16)6-9-3-2-4-17-9/h5,9H,2-4,6-7H2,1H3,(H,13,14). The van der Waals surface area contributed by atoms with E-state index in [0.717, 1.165) is 12.8 Å². The van der Waals surface area contributed by atoms with Crippen molar-refractivity contribution >= 4 is 15.8 Å². The third kappa shape index (κ3) is 3.57. The molecule has 0 aromatic carbocycles. The number of aryl methyl sites for hydroxylation is 1. The average Bonchev–Trinajstić information content (AvgIpc) is 2.86. The molecular formula is C12H16O6S. The van der Waals surface area contributed by atoms with Crippen molar-refractivity contribution in [1.29, 1.82) is 0 Å². The van der Waals surface area contributed by atoms with Gasteiger partial charge in [-0.05, 0) is 25.8 Å². The largest absolute Gasteiger partial charge is 0.478 e. The molecule has 0 saturated carbocycles. The van der Waals surface area contributed by atoms with Gasteiger partial charge in [-0.1, -0.05) is 0 Å². The molecule has 1 N–H and O–H groups in total. The molecule has 2 heterocycles. The lowest BCUT2D eigenvalue weighted by Crippen LogP contribution is -2.21. The molecule has 1 saturated heterocycles. The highest BCUT2D eigenvalue weighted by Gasteiger charge is 2.25. The molecule has 0 spiro atoms. The normalized spacial score (nSPS) is 19.7. The van der Waals surface area contributed by atoms with E-state index in [1.807, 2.05) is 0 Å². The summed E-state index contributed by atoms with van der Waals surface area (Å²) in [5.41, 5.74) is 0.00214. The number of hydrogen-bond donors (Lipinski definition) is 1. The Morgan fingerprint density at radius 1 is 1.53 bits per heavy atom. The van der Waals surface area contributed by atoms with Crippen molar-refractivity contribution in [3.8, 4) is 0 Å². The lowest BCUT2D eigenvalue weighted by atomic mass is 10.2. The first-order valence-corrected chi connectivity index (χ1v) is 7.84. The Labute approximate surface area is 111 Å². The molecule has 7 heteroatoms. The topological polar surface area (TPSA) is 93.8 Å². The van der Waals surface area contributed by atoms with Gasteiger partial charge < -0.3 is 14.3 Å². The van der Waals surface area contributed by atoms with Crippen LogP contribution < -0.4 is 0 Å². The van der Waals surface area contributed by atoms with Crippen molar-refractivity contribution in [2.24, 2.45) is 0 Å². The number of hydrogen-bond acceptors (Lipinski definition) is 5. The molecule has 1 aromatic rings. The Bertz CT molecular complexity index is 565. The monoisotopic (exact) mass is 288 g/mol. The van der Waals surface area contributed by atoms with Crippen molar-refractivity contribution in [2.45, 2.75) is 31.6 Å². The highest BCUT2D eigenvalue weighted by molar-refractivity contribution is 7.90. The number of ether oxygens (including phenoxy) is 1. The van der Waals surface area contributed by atoms with Crippen molar-refractivity contribution in [3.63, 3.8) is 0 Å². The second-order valence-corrected chi connectivity index (χ2v) is 6.79. The molecular weight excluding hydrogens is 272 g/mol. The van der Waals surface area contributed by atoms with E-state index in [4.69, 9.17) is 14.3 Å². The predicted molar refractivity (Wildman–Crippen MR) is 66.9 cm³/mol. The van der Waals surface area contributed by atoms with Gasteiger partial charge in [-0.3, -0.25) is 0 Å². The molecule has 1 aliphatic heterocycles. The summed E-state index contributed by atoms with van der Waals surface area (Å²) in [5, 5.41) is 8.88. The lowest BCUT2D eigenvalue weighted by molar-refractivity contribution is 0.0695. The summed E-state index contributed by atoms with van der Waals surface area (Å²) in [6.45, 7) is 2.10. The summed E-state index contributed by atoms with van der Waals surface area (Å²) in [6.07, 6.45) is 1.38. The van der Waals surface area contributed by atoms with E-state index in [0.29, 0.717) is 6.61 Å². The number of carboxylic acids is 1. The van der Waals surface area contributed by atoms with Gasteiger partial charge in [0.15, 0.2) is 9.84 Å². The summed E-state index contributed by atoms with van der Waals surface area (Å²) < 4.78 is 34.4. The lowest BCUT2D eigenvalue weighted by Gasteiger charge is -2.08. The molecule has 1 unspecified atom stereocenters. The summed E-state index contributed by atoms with van der Waals surface area (Å²) in [4.78, 5) is 10.8. The summed E-state index contributed by atoms with van der Waals surface area (Å²) in [6, 6.07) is 1.27. The zero-order valence-corrected chi connectivity index (χ0v) is 11.4. The molecule has 1 aliphatic rings. The molecule has 1 fully saturated rings. The smallest absolute Gasteiger partial charge is 0.339 e. The van der Waals surface area contributed by atoms with E-state index >= 15 is 0 Å². The van der Waals surface area contributed by atoms with Gasteiger partial charge in [0.1, 0.15) is 22.8 Å². The zero-order chi connectivity index (χ0) is 14.0. The van der Waals surface area contributed by atoms with E-state index < -0.39 is 15.8 Å². The number of aromatic carboxylic acids is 1. The molecule has 1 aromatic heterocycles. The van der Waals surface area contributed by atoms with Gasteiger partial charge in [-0.15, -0.1) is 0 Å². The number of rotatable bonds is 5. The minimum atomic E-state index is -3.36. The van der Waals surface area contributed by atoms with E-state index in [-0.39, 0.29) is 34.7 Å².